The molecule has 1 amide bonds. The van der Waals surface area contributed by atoms with Crippen LogP contribution in [0.4, 0.5) is 0 Å². The Labute approximate surface area is 102 Å². The van der Waals surface area contributed by atoms with E-state index in [0.717, 1.165) is 24.3 Å². The molecular formula is C13H19NO3. The van der Waals surface area contributed by atoms with Crippen molar-refractivity contribution in [2.75, 3.05) is 20.8 Å². The zero-order valence-electron chi connectivity index (χ0n) is 10.6. The first kappa shape index (κ1) is 13.4. The zero-order chi connectivity index (χ0) is 12.7. The fraction of sp³-hybridized carbons (Fsp3) is 0.462. The molecule has 0 aliphatic rings. The van der Waals surface area contributed by atoms with E-state index in [4.69, 9.17) is 9.47 Å². The van der Waals surface area contributed by atoms with Crippen molar-refractivity contribution < 1.29 is 14.3 Å². The maximum Gasteiger partial charge on any atom is 0.216 e. The van der Waals surface area contributed by atoms with E-state index in [-0.39, 0.29) is 5.91 Å². The van der Waals surface area contributed by atoms with Gasteiger partial charge in [-0.2, -0.15) is 0 Å². The summed E-state index contributed by atoms with van der Waals surface area (Å²) < 4.78 is 10.4. The van der Waals surface area contributed by atoms with Crippen LogP contribution in [0.15, 0.2) is 18.2 Å². The van der Waals surface area contributed by atoms with Gasteiger partial charge in [0.25, 0.3) is 0 Å². The molecule has 1 N–H and O–H groups in total. The van der Waals surface area contributed by atoms with Crippen molar-refractivity contribution in [3.05, 3.63) is 23.8 Å². The highest BCUT2D eigenvalue weighted by molar-refractivity contribution is 5.72. The summed E-state index contributed by atoms with van der Waals surface area (Å²) in [4.78, 5) is 10.7. The summed E-state index contributed by atoms with van der Waals surface area (Å²) in [5, 5.41) is 2.77. The highest BCUT2D eigenvalue weighted by atomic mass is 16.5. The number of rotatable bonds is 6. The number of hydrogen-bond acceptors (Lipinski definition) is 3. The van der Waals surface area contributed by atoms with Crippen LogP contribution < -0.4 is 14.8 Å². The number of benzene rings is 1. The fourth-order valence-electron chi connectivity index (χ4n) is 1.59. The van der Waals surface area contributed by atoms with Gasteiger partial charge in [-0.25, -0.2) is 0 Å². The molecule has 0 bridgehead atoms. The Balaban J connectivity index is 2.51. The van der Waals surface area contributed by atoms with E-state index in [9.17, 15) is 4.79 Å². The van der Waals surface area contributed by atoms with Crippen LogP contribution in [0.5, 0.6) is 11.5 Å². The smallest absolute Gasteiger partial charge is 0.216 e. The molecule has 0 heterocycles. The topological polar surface area (TPSA) is 47.6 Å². The molecule has 0 spiro atoms. The molecule has 4 nitrogen and oxygen atoms in total. The average molecular weight is 237 g/mol. The first-order chi connectivity index (χ1) is 8.17. The van der Waals surface area contributed by atoms with E-state index in [1.165, 1.54) is 12.5 Å². The summed E-state index contributed by atoms with van der Waals surface area (Å²) >= 11 is 0. The molecule has 0 fully saturated rings. The second-order valence-corrected chi connectivity index (χ2v) is 3.78. The lowest BCUT2D eigenvalue weighted by atomic mass is 10.1. The molecule has 4 heteroatoms. The third-order valence-corrected chi connectivity index (χ3v) is 2.46. The van der Waals surface area contributed by atoms with Gasteiger partial charge in [0.2, 0.25) is 5.91 Å². The minimum Gasteiger partial charge on any atom is -0.493 e. The van der Waals surface area contributed by atoms with Gasteiger partial charge in [-0.1, -0.05) is 6.07 Å². The minimum absolute atomic E-state index is 0.0114. The van der Waals surface area contributed by atoms with E-state index in [0.29, 0.717) is 6.54 Å². The van der Waals surface area contributed by atoms with Crippen LogP contribution >= 0.6 is 0 Å². The van der Waals surface area contributed by atoms with Gasteiger partial charge in [0.05, 0.1) is 14.2 Å². The van der Waals surface area contributed by atoms with Gasteiger partial charge < -0.3 is 14.8 Å². The maximum absolute atomic E-state index is 10.7. The van der Waals surface area contributed by atoms with Gasteiger partial charge >= 0.3 is 0 Å². The minimum atomic E-state index is 0.0114. The molecule has 0 aliphatic heterocycles. The van der Waals surface area contributed by atoms with Gasteiger partial charge in [-0.3, -0.25) is 4.79 Å². The largest absolute Gasteiger partial charge is 0.493 e. The SMILES string of the molecule is COc1ccc(CCCNC(C)=O)cc1OC. The number of nitrogens with one attached hydrogen (secondary N) is 1. The average Bonchev–Trinajstić information content (AvgIpc) is 2.34. The van der Waals surface area contributed by atoms with Crippen molar-refractivity contribution in [1.29, 1.82) is 0 Å². The van der Waals surface area contributed by atoms with Crippen molar-refractivity contribution in [2.24, 2.45) is 0 Å². The van der Waals surface area contributed by atoms with Gasteiger partial charge in [0.1, 0.15) is 0 Å². The molecule has 1 aromatic rings. The van der Waals surface area contributed by atoms with E-state index in [1.807, 2.05) is 18.2 Å². The Kier molecular flexibility index (Phi) is 5.33. The molecule has 0 saturated carbocycles. The summed E-state index contributed by atoms with van der Waals surface area (Å²) in [7, 11) is 3.24. The Morgan fingerprint density at radius 3 is 2.53 bits per heavy atom. The Bertz CT molecular complexity index is 377. The number of methoxy groups -OCH3 is 2. The number of hydrogen-bond donors (Lipinski definition) is 1. The first-order valence-electron chi connectivity index (χ1n) is 5.62. The molecule has 0 unspecified atom stereocenters. The summed E-state index contributed by atoms with van der Waals surface area (Å²) in [6.07, 6.45) is 1.82. The van der Waals surface area contributed by atoms with Crippen molar-refractivity contribution in [1.82, 2.24) is 5.32 Å². The third kappa shape index (κ3) is 4.34. The van der Waals surface area contributed by atoms with Crippen LogP contribution in [0.1, 0.15) is 18.9 Å². The summed E-state index contributed by atoms with van der Waals surface area (Å²) in [6, 6.07) is 5.87. The molecule has 0 aliphatic carbocycles. The fourth-order valence-corrected chi connectivity index (χ4v) is 1.59. The van der Waals surface area contributed by atoms with Crippen LogP contribution in [0, 0.1) is 0 Å². The number of amides is 1. The number of carbonyl (C=O) groups excluding carboxylic acids is 1. The maximum atomic E-state index is 10.7. The molecular weight excluding hydrogens is 218 g/mol. The standard InChI is InChI=1S/C13H19NO3/c1-10(15)14-8-4-5-11-6-7-12(16-2)13(9-11)17-3/h6-7,9H,4-5,8H2,1-3H3,(H,14,15). The highest BCUT2D eigenvalue weighted by Crippen LogP contribution is 2.27. The Morgan fingerprint density at radius 1 is 1.24 bits per heavy atom. The van der Waals surface area contributed by atoms with Gasteiger partial charge in [0, 0.05) is 13.5 Å². The molecule has 17 heavy (non-hydrogen) atoms. The summed E-state index contributed by atoms with van der Waals surface area (Å²) in [5.41, 5.74) is 1.17. The molecule has 0 aromatic heterocycles. The second kappa shape index (κ2) is 6.78. The predicted octanol–water partition coefficient (Wildman–Crippen LogP) is 1.77. The molecule has 94 valence electrons. The van der Waals surface area contributed by atoms with Gasteiger partial charge in [0.15, 0.2) is 11.5 Å². The Hall–Kier alpha value is -1.71. The van der Waals surface area contributed by atoms with Crippen LogP contribution in [-0.2, 0) is 11.2 Å². The lowest BCUT2D eigenvalue weighted by molar-refractivity contribution is -0.118. The highest BCUT2D eigenvalue weighted by Gasteiger charge is 2.04. The van der Waals surface area contributed by atoms with Crippen LogP contribution in [0.3, 0.4) is 0 Å². The van der Waals surface area contributed by atoms with E-state index in [2.05, 4.69) is 5.32 Å². The van der Waals surface area contributed by atoms with E-state index in [1.54, 1.807) is 14.2 Å². The summed E-state index contributed by atoms with van der Waals surface area (Å²) in [6.45, 7) is 2.22. The van der Waals surface area contributed by atoms with E-state index >= 15 is 0 Å². The molecule has 0 saturated heterocycles. The number of ether oxygens (including phenoxy) is 2. The number of aryl methyl sites for hydroxylation is 1. The van der Waals surface area contributed by atoms with Crippen molar-refractivity contribution >= 4 is 5.91 Å². The Morgan fingerprint density at radius 2 is 1.94 bits per heavy atom. The van der Waals surface area contributed by atoms with Crippen molar-refractivity contribution in [3.63, 3.8) is 0 Å². The van der Waals surface area contributed by atoms with Gasteiger partial charge in [-0.15, -0.1) is 0 Å². The van der Waals surface area contributed by atoms with Crippen LogP contribution in [0.2, 0.25) is 0 Å². The molecule has 0 atom stereocenters. The lowest BCUT2D eigenvalue weighted by Gasteiger charge is -2.09. The third-order valence-electron chi connectivity index (χ3n) is 2.46. The van der Waals surface area contributed by atoms with Crippen molar-refractivity contribution in [3.8, 4) is 11.5 Å². The monoisotopic (exact) mass is 237 g/mol. The lowest BCUT2D eigenvalue weighted by Crippen LogP contribution is -2.21. The quantitative estimate of drug-likeness (QED) is 0.767. The normalized spacial score (nSPS) is 9.82. The molecule has 0 radical (unpaired) electrons. The van der Waals surface area contributed by atoms with Gasteiger partial charge in [-0.05, 0) is 30.5 Å². The molecule has 1 rings (SSSR count). The van der Waals surface area contributed by atoms with Crippen LogP contribution in [-0.4, -0.2) is 26.7 Å². The molecule has 1 aromatic carbocycles. The zero-order valence-corrected chi connectivity index (χ0v) is 10.6. The summed E-state index contributed by atoms with van der Waals surface area (Å²) in [5.74, 6) is 1.49. The second-order valence-electron chi connectivity index (χ2n) is 3.78. The van der Waals surface area contributed by atoms with E-state index < -0.39 is 0 Å². The van der Waals surface area contributed by atoms with Crippen molar-refractivity contribution in [2.45, 2.75) is 19.8 Å². The number of carbonyl (C=O) groups is 1. The first-order valence-corrected chi connectivity index (χ1v) is 5.62. The van der Waals surface area contributed by atoms with Crippen LogP contribution in [0.25, 0.3) is 0 Å². The predicted molar refractivity (Wildman–Crippen MR) is 66.6 cm³/mol.